The summed E-state index contributed by atoms with van der Waals surface area (Å²) in [5.41, 5.74) is 2.35. The zero-order valence-electron chi connectivity index (χ0n) is 10.0. The molecule has 0 fully saturated rings. The number of hydrogen-bond acceptors (Lipinski definition) is 1. The minimum absolute atomic E-state index is 0.213. The second-order valence-electron chi connectivity index (χ2n) is 4.55. The van der Waals surface area contributed by atoms with E-state index < -0.39 is 0 Å². The highest BCUT2D eigenvalue weighted by atomic mass is 16.1. The van der Waals surface area contributed by atoms with Gasteiger partial charge in [0.2, 0.25) is 0 Å². The highest BCUT2D eigenvalue weighted by Gasteiger charge is 2.08. The molecule has 1 aromatic heterocycles. The van der Waals surface area contributed by atoms with Crippen molar-refractivity contribution >= 4 is 16.7 Å². The van der Waals surface area contributed by atoms with Gasteiger partial charge in [0, 0.05) is 29.6 Å². The Bertz CT molecular complexity index is 523. The Kier molecular flexibility index (Phi) is 2.82. The Morgan fingerprint density at radius 3 is 2.69 bits per heavy atom. The number of ketones is 1. The summed E-state index contributed by atoms with van der Waals surface area (Å²) in [6.45, 7) is 5.96. The fourth-order valence-corrected chi connectivity index (χ4v) is 2.12. The number of rotatable bonds is 3. The van der Waals surface area contributed by atoms with Gasteiger partial charge < -0.3 is 4.57 Å². The topological polar surface area (TPSA) is 22.0 Å². The van der Waals surface area contributed by atoms with Gasteiger partial charge in [-0.1, -0.05) is 12.1 Å². The average Bonchev–Trinajstić information content (AvgIpc) is 2.61. The lowest BCUT2D eigenvalue weighted by molar-refractivity contribution is -0.116. The highest BCUT2D eigenvalue weighted by molar-refractivity contribution is 5.89. The summed E-state index contributed by atoms with van der Waals surface area (Å²) in [4.78, 5) is 11.2. The van der Waals surface area contributed by atoms with E-state index in [-0.39, 0.29) is 5.78 Å². The van der Waals surface area contributed by atoms with Crippen LogP contribution in [0.2, 0.25) is 0 Å². The number of fused-ring (bicyclic) bond motifs is 1. The first kappa shape index (κ1) is 10.9. The number of nitrogens with zero attached hydrogens (tertiary/aromatic N) is 1. The van der Waals surface area contributed by atoms with Crippen LogP contribution in [0.15, 0.2) is 30.5 Å². The van der Waals surface area contributed by atoms with Crippen molar-refractivity contribution in [1.29, 1.82) is 0 Å². The van der Waals surface area contributed by atoms with Gasteiger partial charge in [0.25, 0.3) is 0 Å². The van der Waals surface area contributed by atoms with Crippen LogP contribution in [0.1, 0.15) is 32.4 Å². The maximum absolute atomic E-state index is 11.2. The Hall–Kier alpha value is -1.57. The molecule has 0 radical (unpaired) electrons. The van der Waals surface area contributed by atoms with Crippen molar-refractivity contribution < 1.29 is 4.79 Å². The first-order chi connectivity index (χ1) is 7.59. The molecule has 0 amide bonds. The Morgan fingerprint density at radius 2 is 2.06 bits per heavy atom. The quantitative estimate of drug-likeness (QED) is 0.769. The van der Waals surface area contributed by atoms with Crippen LogP contribution in [0, 0.1) is 0 Å². The summed E-state index contributed by atoms with van der Waals surface area (Å²) in [6.07, 6.45) is 2.62. The minimum Gasteiger partial charge on any atom is -0.345 e. The zero-order chi connectivity index (χ0) is 11.7. The maximum Gasteiger partial charge on any atom is 0.134 e. The van der Waals surface area contributed by atoms with E-state index in [9.17, 15) is 4.79 Å². The molecule has 0 atom stereocenters. The Morgan fingerprint density at radius 1 is 1.31 bits per heavy atom. The molecular formula is C14H17NO. The van der Waals surface area contributed by atoms with Gasteiger partial charge in [-0.3, -0.25) is 4.79 Å². The van der Waals surface area contributed by atoms with E-state index >= 15 is 0 Å². The number of aromatic nitrogens is 1. The lowest BCUT2D eigenvalue weighted by Gasteiger charge is -2.09. The fourth-order valence-electron chi connectivity index (χ4n) is 2.12. The standard InChI is InChI=1S/C14H17NO/c1-10(2)15-8-7-13-12(9-11(3)16)5-4-6-14(13)15/h4-8,10H,9H2,1-3H3. The van der Waals surface area contributed by atoms with Gasteiger partial charge in [-0.25, -0.2) is 0 Å². The maximum atomic E-state index is 11.2. The normalized spacial score (nSPS) is 11.2. The van der Waals surface area contributed by atoms with Crippen molar-refractivity contribution in [2.45, 2.75) is 33.2 Å². The van der Waals surface area contributed by atoms with Crippen LogP contribution in [0.3, 0.4) is 0 Å². The van der Waals surface area contributed by atoms with Gasteiger partial charge in [0.1, 0.15) is 5.78 Å². The molecule has 0 aliphatic rings. The number of hydrogen-bond donors (Lipinski definition) is 0. The van der Waals surface area contributed by atoms with Crippen LogP contribution >= 0.6 is 0 Å². The largest absolute Gasteiger partial charge is 0.345 e. The van der Waals surface area contributed by atoms with E-state index in [0.717, 1.165) is 5.56 Å². The monoisotopic (exact) mass is 215 g/mol. The minimum atomic E-state index is 0.213. The molecule has 0 spiro atoms. The predicted molar refractivity (Wildman–Crippen MR) is 66.7 cm³/mol. The van der Waals surface area contributed by atoms with Crippen molar-refractivity contribution in [2.24, 2.45) is 0 Å². The zero-order valence-corrected chi connectivity index (χ0v) is 10.0. The highest BCUT2D eigenvalue weighted by Crippen LogP contribution is 2.23. The molecule has 2 heteroatoms. The number of carbonyl (C=O) groups excluding carboxylic acids is 1. The smallest absolute Gasteiger partial charge is 0.134 e. The van der Waals surface area contributed by atoms with E-state index in [4.69, 9.17) is 0 Å². The van der Waals surface area contributed by atoms with E-state index in [2.05, 4.69) is 36.7 Å². The average molecular weight is 215 g/mol. The molecule has 16 heavy (non-hydrogen) atoms. The van der Waals surface area contributed by atoms with Crippen LogP contribution in [0.5, 0.6) is 0 Å². The third-order valence-corrected chi connectivity index (χ3v) is 2.85. The first-order valence-corrected chi connectivity index (χ1v) is 5.67. The molecule has 0 N–H and O–H groups in total. The summed E-state index contributed by atoms with van der Waals surface area (Å²) in [6, 6.07) is 8.73. The van der Waals surface area contributed by atoms with Gasteiger partial charge in [0.15, 0.2) is 0 Å². The summed E-state index contributed by atoms with van der Waals surface area (Å²) in [5.74, 6) is 0.213. The van der Waals surface area contributed by atoms with Gasteiger partial charge in [-0.2, -0.15) is 0 Å². The third kappa shape index (κ3) is 1.87. The second-order valence-corrected chi connectivity index (χ2v) is 4.55. The summed E-state index contributed by atoms with van der Waals surface area (Å²) < 4.78 is 2.24. The summed E-state index contributed by atoms with van der Waals surface area (Å²) in [5, 5.41) is 1.20. The van der Waals surface area contributed by atoms with Crippen LogP contribution in [0.25, 0.3) is 10.9 Å². The lowest BCUT2D eigenvalue weighted by Crippen LogP contribution is -1.99. The molecule has 0 saturated heterocycles. The Balaban J connectivity index is 2.57. The Labute approximate surface area is 95.9 Å². The van der Waals surface area contributed by atoms with Crippen molar-refractivity contribution in [3.63, 3.8) is 0 Å². The van der Waals surface area contributed by atoms with Crippen molar-refractivity contribution in [3.8, 4) is 0 Å². The molecule has 84 valence electrons. The van der Waals surface area contributed by atoms with E-state index in [1.807, 2.05) is 12.1 Å². The van der Waals surface area contributed by atoms with Crippen molar-refractivity contribution in [3.05, 3.63) is 36.0 Å². The molecule has 2 aromatic rings. The molecule has 2 rings (SSSR count). The van der Waals surface area contributed by atoms with Crippen LogP contribution in [0.4, 0.5) is 0 Å². The molecule has 2 nitrogen and oxygen atoms in total. The number of benzene rings is 1. The molecule has 1 heterocycles. The van der Waals surface area contributed by atoms with Gasteiger partial charge in [-0.05, 0) is 38.5 Å². The number of Topliss-reactive ketones (excluding diaryl/α,β-unsaturated/α-hetero) is 1. The predicted octanol–water partition coefficient (Wildman–Crippen LogP) is 3.35. The van der Waals surface area contributed by atoms with E-state index in [0.29, 0.717) is 12.5 Å². The SMILES string of the molecule is CC(=O)Cc1cccc2c1ccn2C(C)C. The second kappa shape index (κ2) is 4.12. The van der Waals surface area contributed by atoms with E-state index in [1.54, 1.807) is 6.92 Å². The molecular weight excluding hydrogens is 198 g/mol. The molecule has 1 aromatic carbocycles. The van der Waals surface area contributed by atoms with Crippen molar-refractivity contribution in [1.82, 2.24) is 4.57 Å². The fraction of sp³-hybridized carbons (Fsp3) is 0.357. The summed E-state index contributed by atoms with van der Waals surface area (Å²) in [7, 11) is 0. The molecule has 0 bridgehead atoms. The van der Waals surface area contributed by atoms with E-state index in [1.165, 1.54) is 10.9 Å². The van der Waals surface area contributed by atoms with Crippen LogP contribution in [-0.4, -0.2) is 10.4 Å². The van der Waals surface area contributed by atoms with Gasteiger partial charge in [0.05, 0.1) is 0 Å². The van der Waals surface area contributed by atoms with Gasteiger partial charge in [-0.15, -0.1) is 0 Å². The van der Waals surface area contributed by atoms with Crippen LogP contribution < -0.4 is 0 Å². The molecule has 0 saturated carbocycles. The van der Waals surface area contributed by atoms with Crippen LogP contribution in [-0.2, 0) is 11.2 Å². The molecule has 0 aliphatic carbocycles. The van der Waals surface area contributed by atoms with Gasteiger partial charge >= 0.3 is 0 Å². The molecule has 0 aliphatic heterocycles. The number of carbonyl (C=O) groups is 1. The summed E-state index contributed by atoms with van der Waals surface area (Å²) >= 11 is 0. The molecule has 0 unspecified atom stereocenters. The van der Waals surface area contributed by atoms with Crippen molar-refractivity contribution in [2.75, 3.05) is 0 Å². The third-order valence-electron chi connectivity index (χ3n) is 2.85. The first-order valence-electron chi connectivity index (χ1n) is 5.67. The lowest BCUT2D eigenvalue weighted by atomic mass is 10.1.